The summed E-state index contributed by atoms with van der Waals surface area (Å²) >= 11 is 1.58. The molecule has 0 aliphatic carbocycles. The van der Waals surface area contributed by atoms with Crippen molar-refractivity contribution >= 4 is 33.9 Å². The maximum absolute atomic E-state index is 11.9. The molecular weight excluding hydrogens is 322 g/mol. The fourth-order valence-electron chi connectivity index (χ4n) is 2.89. The van der Waals surface area contributed by atoms with E-state index in [4.69, 9.17) is 5.11 Å². The summed E-state index contributed by atoms with van der Waals surface area (Å²) in [5.41, 5.74) is 0.373. The summed E-state index contributed by atoms with van der Waals surface area (Å²) in [6.45, 7) is 3.05. The summed E-state index contributed by atoms with van der Waals surface area (Å²) in [4.78, 5) is 23.8. The number of hydrogen-bond donors (Lipinski definition) is 1. The normalized spacial score (nSPS) is 11.2. The van der Waals surface area contributed by atoms with E-state index in [9.17, 15) is 9.59 Å². The molecule has 0 unspecified atom stereocenters. The molecule has 1 heterocycles. The largest absolute Gasteiger partial charge is 0.515 e. The highest BCUT2D eigenvalue weighted by Gasteiger charge is 2.19. The van der Waals surface area contributed by atoms with Gasteiger partial charge in [-0.05, 0) is 12.5 Å². The Morgan fingerprint density at radius 1 is 1.08 bits per heavy atom. The number of aryl methyl sites for hydroxylation is 1. The molecule has 0 saturated heterocycles. The highest BCUT2D eigenvalue weighted by atomic mass is 32.1. The molecular formula is C19H20NO3S+. The van der Waals surface area contributed by atoms with Crippen molar-refractivity contribution in [3.63, 3.8) is 0 Å². The van der Waals surface area contributed by atoms with Crippen LogP contribution in [-0.2, 0) is 6.54 Å². The second-order valence-electron chi connectivity index (χ2n) is 5.88. The van der Waals surface area contributed by atoms with Crippen molar-refractivity contribution in [3.05, 3.63) is 60.2 Å². The first-order valence-corrected chi connectivity index (χ1v) is 9.06. The number of aliphatic hydroxyl groups is 1. The van der Waals surface area contributed by atoms with Gasteiger partial charge in [0.05, 0.1) is 11.5 Å². The van der Waals surface area contributed by atoms with Crippen LogP contribution in [0.4, 0.5) is 0 Å². The van der Waals surface area contributed by atoms with Gasteiger partial charge in [0.25, 0.3) is 5.01 Å². The van der Waals surface area contributed by atoms with Crippen LogP contribution in [0.2, 0.25) is 0 Å². The minimum absolute atomic E-state index is 0.128. The minimum atomic E-state index is -0.377. The van der Waals surface area contributed by atoms with Gasteiger partial charge < -0.3 is 5.11 Å². The molecule has 0 spiro atoms. The summed E-state index contributed by atoms with van der Waals surface area (Å²) in [5, 5.41) is 9.85. The lowest BCUT2D eigenvalue weighted by Gasteiger charge is -1.98. The summed E-state index contributed by atoms with van der Waals surface area (Å²) in [6, 6.07) is 8.11. The molecule has 0 aliphatic heterocycles. The zero-order valence-corrected chi connectivity index (χ0v) is 14.4. The van der Waals surface area contributed by atoms with Crippen LogP contribution < -0.4 is 25.9 Å². The Balaban J connectivity index is 2.07. The number of thiazole rings is 1. The molecule has 3 rings (SSSR count). The number of hydrogen-bond acceptors (Lipinski definition) is 4. The van der Waals surface area contributed by atoms with Gasteiger partial charge in [-0.1, -0.05) is 43.2 Å². The van der Waals surface area contributed by atoms with E-state index in [2.05, 4.69) is 17.6 Å². The fourth-order valence-corrected chi connectivity index (χ4v) is 4.02. The zero-order valence-electron chi connectivity index (χ0n) is 13.6. The zero-order chi connectivity index (χ0) is 17.1. The predicted octanol–water partition coefficient (Wildman–Crippen LogP) is 1.49. The third-order valence-electron chi connectivity index (χ3n) is 4.25. The summed E-state index contributed by atoms with van der Waals surface area (Å²) in [5.74, 6) is 0. The number of benzene rings is 1. The SMILES string of the molecule is CCCCCC[n+]1c(C=c2c(=O)c(=CO)c2=O)sc2ccccc21. The molecule has 0 amide bonds. The van der Waals surface area contributed by atoms with Crippen molar-refractivity contribution in [3.8, 4) is 0 Å². The molecule has 0 radical (unpaired) electrons. The summed E-state index contributed by atoms with van der Waals surface area (Å²) in [7, 11) is 0. The first-order valence-electron chi connectivity index (χ1n) is 8.24. The fraction of sp³-hybridized carbons (Fsp3) is 0.316. The van der Waals surface area contributed by atoms with E-state index in [-0.39, 0.29) is 21.3 Å². The standard InChI is InChI=1S/C19H19NO3S/c1-2-3-4-7-10-20-15-8-5-6-9-16(15)24-17(20)11-13-18(22)14(12-21)19(13)23/h5-6,8-9,11-12H,2-4,7,10H2,1H3/p+1. The maximum atomic E-state index is 11.9. The summed E-state index contributed by atoms with van der Waals surface area (Å²) in [6.07, 6.45) is 6.90. The lowest BCUT2D eigenvalue weighted by molar-refractivity contribution is -0.669. The quantitative estimate of drug-likeness (QED) is 0.545. The number of rotatable bonds is 6. The first kappa shape index (κ1) is 16.6. The molecule has 0 fully saturated rings. The second-order valence-corrected chi connectivity index (χ2v) is 6.94. The monoisotopic (exact) mass is 342 g/mol. The molecule has 0 bridgehead atoms. The Bertz CT molecular complexity index is 1020. The molecule has 4 nitrogen and oxygen atoms in total. The van der Waals surface area contributed by atoms with Crippen LogP contribution in [0.5, 0.6) is 0 Å². The van der Waals surface area contributed by atoms with Gasteiger partial charge in [0.15, 0.2) is 6.54 Å². The van der Waals surface area contributed by atoms with E-state index in [0.717, 1.165) is 28.2 Å². The predicted molar refractivity (Wildman–Crippen MR) is 97.4 cm³/mol. The molecule has 124 valence electrons. The molecule has 0 aliphatic rings. The van der Waals surface area contributed by atoms with Gasteiger partial charge in [-0.15, -0.1) is 0 Å². The van der Waals surface area contributed by atoms with Gasteiger partial charge in [-0.3, -0.25) is 9.59 Å². The number of aliphatic hydroxyl groups excluding tert-OH is 1. The Labute approximate surface area is 143 Å². The number of para-hydroxylation sites is 1. The molecule has 1 aromatic heterocycles. The molecule has 1 N–H and O–H groups in total. The average Bonchev–Trinajstić information content (AvgIpc) is 2.95. The van der Waals surface area contributed by atoms with Gasteiger partial charge in [-0.2, -0.15) is 4.57 Å². The Morgan fingerprint density at radius 3 is 2.54 bits per heavy atom. The van der Waals surface area contributed by atoms with Crippen LogP contribution in [-0.4, -0.2) is 5.11 Å². The number of aromatic nitrogens is 1. The van der Waals surface area contributed by atoms with Crippen molar-refractivity contribution in [2.24, 2.45) is 0 Å². The number of fused-ring (bicyclic) bond motifs is 1. The van der Waals surface area contributed by atoms with Gasteiger partial charge in [0, 0.05) is 18.6 Å². The lowest BCUT2D eigenvalue weighted by Crippen LogP contribution is -2.64. The Kier molecular flexibility index (Phi) is 4.90. The van der Waals surface area contributed by atoms with E-state index >= 15 is 0 Å². The van der Waals surface area contributed by atoms with E-state index < -0.39 is 0 Å². The van der Waals surface area contributed by atoms with Crippen molar-refractivity contribution in [2.45, 2.75) is 39.2 Å². The van der Waals surface area contributed by atoms with Crippen LogP contribution in [0, 0.1) is 0 Å². The van der Waals surface area contributed by atoms with Crippen LogP contribution in [0.3, 0.4) is 0 Å². The minimum Gasteiger partial charge on any atom is -0.515 e. The second kappa shape index (κ2) is 7.09. The Hall–Kier alpha value is -2.27. The lowest BCUT2D eigenvalue weighted by atomic mass is 10.1. The highest BCUT2D eigenvalue weighted by Crippen LogP contribution is 2.20. The molecule has 2 aromatic carbocycles. The Morgan fingerprint density at radius 2 is 1.83 bits per heavy atom. The van der Waals surface area contributed by atoms with Crippen molar-refractivity contribution in [1.82, 2.24) is 0 Å². The third kappa shape index (κ3) is 2.91. The molecule has 3 aromatic rings. The summed E-state index contributed by atoms with van der Waals surface area (Å²) < 4.78 is 3.32. The van der Waals surface area contributed by atoms with Crippen LogP contribution in [0.15, 0.2) is 33.9 Å². The maximum Gasteiger partial charge on any atom is 0.263 e. The third-order valence-corrected chi connectivity index (χ3v) is 5.36. The van der Waals surface area contributed by atoms with E-state index in [1.54, 1.807) is 17.4 Å². The van der Waals surface area contributed by atoms with Crippen molar-refractivity contribution in [2.75, 3.05) is 0 Å². The smallest absolute Gasteiger partial charge is 0.263 e. The highest BCUT2D eigenvalue weighted by molar-refractivity contribution is 7.18. The molecule has 0 saturated carbocycles. The van der Waals surface area contributed by atoms with Gasteiger partial charge in [0.1, 0.15) is 9.92 Å². The van der Waals surface area contributed by atoms with Gasteiger partial charge >= 0.3 is 0 Å². The van der Waals surface area contributed by atoms with Gasteiger partial charge in [-0.25, -0.2) is 0 Å². The van der Waals surface area contributed by atoms with Crippen LogP contribution >= 0.6 is 11.3 Å². The van der Waals surface area contributed by atoms with Crippen LogP contribution in [0.25, 0.3) is 22.6 Å². The van der Waals surface area contributed by atoms with E-state index in [1.807, 2.05) is 18.2 Å². The van der Waals surface area contributed by atoms with Gasteiger partial charge in [0.2, 0.25) is 16.4 Å². The first-order chi connectivity index (χ1) is 11.7. The molecule has 24 heavy (non-hydrogen) atoms. The number of unbranched alkanes of at least 4 members (excludes halogenated alkanes) is 3. The van der Waals surface area contributed by atoms with Crippen molar-refractivity contribution in [1.29, 1.82) is 0 Å². The van der Waals surface area contributed by atoms with Crippen LogP contribution in [0.1, 0.15) is 37.6 Å². The topological polar surface area (TPSA) is 58.2 Å². The van der Waals surface area contributed by atoms with E-state index in [1.165, 1.54) is 19.3 Å². The van der Waals surface area contributed by atoms with Crippen molar-refractivity contribution < 1.29 is 9.67 Å². The number of nitrogens with zero attached hydrogens (tertiary/aromatic N) is 1. The molecule has 0 atom stereocenters. The average molecular weight is 342 g/mol. The molecule has 5 heteroatoms. The van der Waals surface area contributed by atoms with E-state index in [0.29, 0.717) is 6.26 Å².